The molecule has 0 aromatic heterocycles. The Hall–Kier alpha value is -2.11. The van der Waals surface area contributed by atoms with Crippen LogP contribution in [-0.2, 0) is 26.2 Å². The molecule has 9 nitrogen and oxygen atoms in total. The van der Waals surface area contributed by atoms with Crippen LogP contribution in [0.5, 0.6) is 11.5 Å². The summed E-state index contributed by atoms with van der Waals surface area (Å²) < 4.78 is 52.6. The van der Waals surface area contributed by atoms with Crippen molar-refractivity contribution in [2.75, 3.05) is 37.2 Å². The van der Waals surface area contributed by atoms with Crippen molar-refractivity contribution in [1.29, 1.82) is 0 Å². The number of halogens is 1. The van der Waals surface area contributed by atoms with Gasteiger partial charge in [0, 0.05) is 30.9 Å². The third-order valence-corrected chi connectivity index (χ3v) is 6.94. The number of amides is 1. The molecule has 0 radical (unpaired) electrons. The van der Waals surface area contributed by atoms with Gasteiger partial charge in [-0.05, 0) is 38.1 Å². The summed E-state index contributed by atoms with van der Waals surface area (Å²) >= 11 is 0. The highest BCUT2D eigenvalue weighted by Gasteiger charge is 2.39. The van der Waals surface area contributed by atoms with Crippen molar-refractivity contribution in [2.45, 2.75) is 31.7 Å². The van der Waals surface area contributed by atoms with Crippen molar-refractivity contribution < 1.29 is 32.2 Å². The fraction of sp³-hybridized carbons (Fsp3) is 0.611. The van der Waals surface area contributed by atoms with Gasteiger partial charge in [0.05, 0.1) is 0 Å². The number of carbonyl (C=O) groups excluding carboxylic acids is 1. The van der Waals surface area contributed by atoms with Gasteiger partial charge >= 0.3 is 10.2 Å². The van der Waals surface area contributed by atoms with Crippen LogP contribution in [0.1, 0.15) is 24.8 Å². The molecule has 1 atom stereocenters. The van der Waals surface area contributed by atoms with E-state index in [1.807, 2.05) is 0 Å². The second kappa shape index (κ2) is 7.96. The van der Waals surface area contributed by atoms with Gasteiger partial charge < -0.3 is 19.9 Å². The first-order chi connectivity index (χ1) is 13.8. The van der Waals surface area contributed by atoms with Crippen molar-refractivity contribution in [3.05, 3.63) is 17.4 Å². The molecule has 0 spiro atoms. The van der Waals surface area contributed by atoms with Gasteiger partial charge in [0.25, 0.3) is 5.91 Å². The third kappa shape index (κ3) is 4.12. The van der Waals surface area contributed by atoms with Crippen LogP contribution in [-0.4, -0.2) is 58.4 Å². The highest BCUT2D eigenvalue weighted by molar-refractivity contribution is 7.92. The van der Waals surface area contributed by atoms with Gasteiger partial charge in [0.2, 0.25) is 0 Å². The minimum absolute atomic E-state index is 0.135. The van der Waals surface area contributed by atoms with E-state index in [0.29, 0.717) is 16.8 Å². The zero-order valence-electron chi connectivity index (χ0n) is 15.8. The molecule has 0 saturated carbocycles. The lowest BCUT2D eigenvalue weighted by atomic mass is 9.96. The lowest BCUT2D eigenvalue weighted by molar-refractivity contribution is -0.117. The maximum absolute atomic E-state index is 15.2. The molecule has 0 aliphatic carbocycles. The topological polar surface area (TPSA) is 117 Å². The molecule has 3 aliphatic heterocycles. The van der Waals surface area contributed by atoms with E-state index < -0.39 is 39.9 Å². The second-order valence-corrected chi connectivity index (χ2v) is 9.18. The number of benzene rings is 1. The highest BCUT2D eigenvalue weighted by atomic mass is 32.2. The monoisotopic (exact) mass is 429 g/mol. The smallest absolute Gasteiger partial charge is 0.326 e. The fourth-order valence-corrected chi connectivity index (χ4v) is 5.16. The van der Waals surface area contributed by atoms with E-state index in [9.17, 15) is 18.3 Å². The molecule has 2 saturated heterocycles. The summed E-state index contributed by atoms with van der Waals surface area (Å²) in [5.74, 6) is -1.48. The Bertz CT molecular complexity index is 903. The van der Waals surface area contributed by atoms with Gasteiger partial charge in [-0.3, -0.25) is 4.79 Å². The SMILES string of the molecule is O=C1CN(c2c(O)cc3c(c2F)C[C@H](NCCC2CCOCC2)CO3)S(=O)(=O)N1. The summed E-state index contributed by atoms with van der Waals surface area (Å²) in [5.41, 5.74) is -0.351. The Balaban J connectivity index is 1.48. The normalized spacial score (nSPS) is 24.1. The Morgan fingerprint density at radius 3 is 2.79 bits per heavy atom. The lowest BCUT2D eigenvalue weighted by Gasteiger charge is -2.29. The quantitative estimate of drug-likeness (QED) is 0.621. The van der Waals surface area contributed by atoms with Crippen molar-refractivity contribution in [3.8, 4) is 11.5 Å². The molecule has 0 bridgehead atoms. The first kappa shape index (κ1) is 20.2. The second-order valence-electron chi connectivity index (χ2n) is 7.58. The Kier molecular flexibility index (Phi) is 5.54. The predicted molar refractivity (Wildman–Crippen MR) is 102 cm³/mol. The minimum Gasteiger partial charge on any atom is -0.505 e. The van der Waals surface area contributed by atoms with Crippen LogP contribution < -0.4 is 19.1 Å². The number of aromatic hydroxyl groups is 1. The molecular formula is C18H24FN3O6S. The van der Waals surface area contributed by atoms with Crippen molar-refractivity contribution in [2.24, 2.45) is 5.92 Å². The molecule has 3 heterocycles. The van der Waals surface area contributed by atoms with Crippen LogP contribution in [0.15, 0.2) is 6.07 Å². The minimum atomic E-state index is -4.23. The van der Waals surface area contributed by atoms with Crippen molar-refractivity contribution >= 4 is 21.8 Å². The number of carbonyl (C=O) groups is 1. The summed E-state index contributed by atoms with van der Waals surface area (Å²) in [6.07, 6.45) is 3.37. The molecule has 4 rings (SSSR count). The third-order valence-electron chi connectivity index (χ3n) is 5.57. The zero-order chi connectivity index (χ0) is 20.6. The van der Waals surface area contributed by atoms with Gasteiger partial charge in [-0.2, -0.15) is 8.42 Å². The average molecular weight is 429 g/mol. The molecule has 3 N–H and O–H groups in total. The van der Waals surface area contributed by atoms with Crippen LogP contribution in [0, 0.1) is 11.7 Å². The number of anilines is 1. The highest BCUT2D eigenvalue weighted by Crippen LogP contribution is 2.41. The summed E-state index contributed by atoms with van der Waals surface area (Å²) in [7, 11) is -4.23. The lowest BCUT2D eigenvalue weighted by Crippen LogP contribution is -2.41. The van der Waals surface area contributed by atoms with E-state index in [1.165, 1.54) is 6.07 Å². The number of phenolic OH excluding ortho intramolecular Hbond substituents is 1. The summed E-state index contributed by atoms with van der Waals surface area (Å²) in [4.78, 5) is 11.5. The number of rotatable bonds is 5. The number of phenols is 1. The maximum atomic E-state index is 15.2. The van der Waals surface area contributed by atoms with Gasteiger partial charge in [0.1, 0.15) is 30.3 Å². The molecule has 3 aliphatic rings. The Labute approximate surface area is 168 Å². The van der Waals surface area contributed by atoms with Crippen LogP contribution >= 0.6 is 0 Å². The first-order valence-electron chi connectivity index (χ1n) is 9.66. The number of nitrogens with one attached hydrogen (secondary N) is 2. The number of fused-ring (bicyclic) bond motifs is 1. The van der Waals surface area contributed by atoms with E-state index in [2.05, 4.69) is 5.32 Å². The molecule has 1 amide bonds. The van der Waals surface area contributed by atoms with Crippen molar-refractivity contribution in [1.82, 2.24) is 10.0 Å². The number of ether oxygens (including phenoxy) is 2. The van der Waals surface area contributed by atoms with E-state index in [-0.39, 0.29) is 23.8 Å². The first-order valence-corrected chi connectivity index (χ1v) is 11.1. The van der Waals surface area contributed by atoms with E-state index in [4.69, 9.17) is 9.47 Å². The molecule has 0 unspecified atom stereocenters. The largest absolute Gasteiger partial charge is 0.505 e. The Morgan fingerprint density at radius 1 is 1.34 bits per heavy atom. The van der Waals surface area contributed by atoms with Gasteiger partial charge in [-0.25, -0.2) is 13.4 Å². The standard InChI is InChI=1S/C18H24FN3O6S/c19-17-13-7-12(20-4-1-11-2-5-27-6-3-11)10-28-15(13)8-14(23)18(17)22-9-16(24)21-29(22,25)26/h8,11-12,20,23H,1-7,9-10H2,(H,21,24)/t12-/m0/s1. The molecular weight excluding hydrogens is 405 g/mol. The Morgan fingerprint density at radius 2 is 2.10 bits per heavy atom. The molecule has 1 aromatic rings. The number of hydrogen-bond donors (Lipinski definition) is 3. The molecule has 29 heavy (non-hydrogen) atoms. The average Bonchev–Trinajstić information content (AvgIpc) is 2.95. The van der Waals surface area contributed by atoms with Gasteiger partial charge in [-0.15, -0.1) is 0 Å². The number of hydrogen-bond acceptors (Lipinski definition) is 7. The predicted octanol–water partition coefficient (Wildman–Crippen LogP) is 0.422. The molecule has 11 heteroatoms. The van der Waals surface area contributed by atoms with Crippen LogP contribution in [0.2, 0.25) is 0 Å². The van der Waals surface area contributed by atoms with Gasteiger partial charge in [0.15, 0.2) is 5.82 Å². The maximum Gasteiger partial charge on any atom is 0.326 e. The summed E-state index contributed by atoms with van der Waals surface area (Å²) in [5, 5.41) is 13.6. The van der Waals surface area contributed by atoms with E-state index in [0.717, 1.165) is 39.0 Å². The van der Waals surface area contributed by atoms with E-state index in [1.54, 1.807) is 4.72 Å². The zero-order valence-corrected chi connectivity index (χ0v) is 16.6. The number of nitrogens with zero attached hydrogens (tertiary/aromatic N) is 1. The fourth-order valence-electron chi connectivity index (χ4n) is 4.00. The van der Waals surface area contributed by atoms with Gasteiger partial charge in [-0.1, -0.05) is 0 Å². The summed E-state index contributed by atoms with van der Waals surface area (Å²) in [6, 6.07) is 1.06. The van der Waals surface area contributed by atoms with Crippen LogP contribution in [0.25, 0.3) is 0 Å². The molecule has 160 valence electrons. The molecule has 2 fully saturated rings. The van der Waals surface area contributed by atoms with Crippen molar-refractivity contribution in [3.63, 3.8) is 0 Å². The molecule has 1 aromatic carbocycles. The van der Waals surface area contributed by atoms with Crippen LogP contribution in [0.3, 0.4) is 0 Å². The van der Waals surface area contributed by atoms with Crippen LogP contribution in [0.4, 0.5) is 10.1 Å². The van der Waals surface area contributed by atoms with E-state index >= 15 is 4.39 Å². The summed E-state index contributed by atoms with van der Waals surface area (Å²) in [6.45, 7) is 2.08.